The molecule has 1 saturated carbocycles. The van der Waals surface area contributed by atoms with Gasteiger partial charge in [0.1, 0.15) is 5.52 Å². The molecule has 0 saturated heterocycles. The van der Waals surface area contributed by atoms with Gasteiger partial charge in [0, 0.05) is 12.5 Å². The summed E-state index contributed by atoms with van der Waals surface area (Å²) in [6, 6.07) is 6.08. The van der Waals surface area contributed by atoms with E-state index in [4.69, 9.17) is 15.1 Å². The minimum Gasteiger partial charge on any atom is -0.440 e. The molecular formula is C18H26N2O. The van der Waals surface area contributed by atoms with Gasteiger partial charge in [-0.3, -0.25) is 0 Å². The minimum absolute atomic E-state index is 0.511. The van der Waals surface area contributed by atoms with Crippen LogP contribution >= 0.6 is 0 Å². The highest BCUT2D eigenvalue weighted by molar-refractivity contribution is 5.73. The molecule has 0 bridgehead atoms. The first kappa shape index (κ1) is 14.6. The van der Waals surface area contributed by atoms with Crippen molar-refractivity contribution in [1.82, 2.24) is 4.98 Å². The largest absolute Gasteiger partial charge is 0.440 e. The van der Waals surface area contributed by atoms with Crippen molar-refractivity contribution < 1.29 is 4.42 Å². The third-order valence-electron chi connectivity index (χ3n) is 4.87. The van der Waals surface area contributed by atoms with Gasteiger partial charge in [0.05, 0.1) is 0 Å². The Balaban J connectivity index is 1.67. The van der Waals surface area contributed by atoms with Gasteiger partial charge < -0.3 is 10.2 Å². The third-order valence-corrected chi connectivity index (χ3v) is 4.87. The molecule has 0 aliphatic heterocycles. The molecular weight excluding hydrogens is 260 g/mol. The summed E-state index contributed by atoms with van der Waals surface area (Å²) in [7, 11) is 0. The van der Waals surface area contributed by atoms with E-state index < -0.39 is 0 Å². The number of nitrogens with zero attached hydrogens (tertiary/aromatic N) is 1. The Kier molecular flexibility index (Phi) is 4.59. The van der Waals surface area contributed by atoms with Crippen LogP contribution in [0.15, 0.2) is 22.6 Å². The fraction of sp³-hybridized carbons (Fsp3) is 0.611. The number of fused-ring (bicyclic) bond motifs is 1. The summed E-state index contributed by atoms with van der Waals surface area (Å²) in [5.74, 6) is 2.37. The van der Waals surface area contributed by atoms with Crippen LogP contribution in [0, 0.1) is 5.92 Å². The number of nitrogens with two attached hydrogens (primary N) is 1. The first-order chi connectivity index (χ1) is 10.3. The van der Waals surface area contributed by atoms with Gasteiger partial charge in [0.25, 0.3) is 0 Å². The fourth-order valence-electron chi connectivity index (χ4n) is 3.48. The Labute approximate surface area is 126 Å². The van der Waals surface area contributed by atoms with Crippen molar-refractivity contribution >= 4 is 11.1 Å². The Hall–Kier alpha value is -1.35. The maximum atomic E-state index is 5.97. The lowest BCUT2D eigenvalue weighted by atomic mass is 9.80. The SMILES string of the molecule is CCCCC1CCC(c2nc3cc(CN)ccc3o2)CC1. The minimum atomic E-state index is 0.511. The fourth-order valence-corrected chi connectivity index (χ4v) is 3.48. The van der Waals surface area contributed by atoms with Crippen molar-refractivity contribution in [2.45, 2.75) is 64.3 Å². The number of unbranched alkanes of at least 4 members (excludes halogenated alkanes) is 1. The molecule has 3 heteroatoms. The van der Waals surface area contributed by atoms with E-state index in [0.29, 0.717) is 12.5 Å². The van der Waals surface area contributed by atoms with Gasteiger partial charge in [0.2, 0.25) is 0 Å². The van der Waals surface area contributed by atoms with Crippen LogP contribution in [0.3, 0.4) is 0 Å². The topological polar surface area (TPSA) is 52.0 Å². The molecule has 0 radical (unpaired) electrons. The van der Waals surface area contributed by atoms with Crippen LogP contribution in [0.1, 0.15) is 69.2 Å². The average Bonchev–Trinajstić information content (AvgIpc) is 2.96. The van der Waals surface area contributed by atoms with Crippen molar-refractivity contribution in [2.75, 3.05) is 0 Å². The van der Waals surface area contributed by atoms with E-state index in [2.05, 4.69) is 13.0 Å². The zero-order chi connectivity index (χ0) is 14.7. The molecule has 1 aliphatic carbocycles. The van der Waals surface area contributed by atoms with Crippen molar-refractivity contribution in [1.29, 1.82) is 0 Å². The van der Waals surface area contributed by atoms with Crippen LogP contribution in [-0.2, 0) is 6.54 Å². The summed E-state index contributed by atoms with van der Waals surface area (Å²) in [4.78, 5) is 4.71. The van der Waals surface area contributed by atoms with Gasteiger partial charge in [-0.1, -0.05) is 32.3 Å². The number of oxazole rings is 1. The molecule has 3 rings (SSSR count). The van der Waals surface area contributed by atoms with Crippen molar-refractivity contribution in [3.8, 4) is 0 Å². The smallest absolute Gasteiger partial charge is 0.198 e. The van der Waals surface area contributed by atoms with Gasteiger partial charge >= 0.3 is 0 Å². The lowest BCUT2D eigenvalue weighted by Crippen LogP contribution is -2.13. The van der Waals surface area contributed by atoms with E-state index in [0.717, 1.165) is 28.5 Å². The van der Waals surface area contributed by atoms with Gasteiger partial charge in [-0.05, 0) is 49.3 Å². The molecule has 1 aliphatic rings. The normalized spacial score (nSPS) is 22.8. The number of hydrogen-bond donors (Lipinski definition) is 1. The molecule has 0 unspecified atom stereocenters. The summed E-state index contributed by atoms with van der Waals surface area (Å²) in [5.41, 5.74) is 8.66. The summed E-state index contributed by atoms with van der Waals surface area (Å²) in [6.45, 7) is 2.83. The van der Waals surface area contributed by atoms with Gasteiger partial charge in [0.15, 0.2) is 11.5 Å². The molecule has 1 heterocycles. The Bertz CT molecular complexity index is 582. The van der Waals surface area contributed by atoms with Crippen molar-refractivity contribution in [3.63, 3.8) is 0 Å². The molecule has 114 valence electrons. The quantitative estimate of drug-likeness (QED) is 0.862. The molecule has 1 fully saturated rings. The zero-order valence-electron chi connectivity index (χ0n) is 13.0. The second kappa shape index (κ2) is 6.61. The summed E-state index contributed by atoms with van der Waals surface area (Å²) in [6.07, 6.45) is 9.20. The summed E-state index contributed by atoms with van der Waals surface area (Å²) in [5, 5.41) is 0. The van der Waals surface area contributed by atoms with E-state index in [1.165, 1.54) is 44.9 Å². The Morgan fingerprint density at radius 3 is 2.76 bits per heavy atom. The van der Waals surface area contributed by atoms with E-state index in [1.54, 1.807) is 0 Å². The molecule has 0 spiro atoms. The maximum Gasteiger partial charge on any atom is 0.198 e. The molecule has 3 nitrogen and oxygen atoms in total. The molecule has 21 heavy (non-hydrogen) atoms. The lowest BCUT2D eigenvalue weighted by Gasteiger charge is -2.26. The van der Waals surface area contributed by atoms with Gasteiger partial charge in [-0.15, -0.1) is 0 Å². The Morgan fingerprint density at radius 1 is 1.24 bits per heavy atom. The number of benzene rings is 1. The van der Waals surface area contributed by atoms with Gasteiger partial charge in [-0.25, -0.2) is 4.98 Å². The van der Waals surface area contributed by atoms with E-state index in [9.17, 15) is 0 Å². The molecule has 0 amide bonds. The molecule has 1 aromatic carbocycles. The van der Waals surface area contributed by atoms with Crippen LogP contribution in [-0.4, -0.2) is 4.98 Å². The number of hydrogen-bond acceptors (Lipinski definition) is 3. The van der Waals surface area contributed by atoms with Crippen molar-refractivity contribution in [3.05, 3.63) is 29.7 Å². The highest BCUT2D eigenvalue weighted by Gasteiger charge is 2.25. The highest BCUT2D eigenvalue weighted by Crippen LogP contribution is 2.38. The monoisotopic (exact) mass is 286 g/mol. The first-order valence-electron chi connectivity index (χ1n) is 8.39. The van der Waals surface area contributed by atoms with Crippen LogP contribution in [0.4, 0.5) is 0 Å². The Morgan fingerprint density at radius 2 is 2.05 bits per heavy atom. The zero-order valence-corrected chi connectivity index (χ0v) is 13.0. The predicted octanol–water partition coefficient (Wildman–Crippen LogP) is 4.75. The van der Waals surface area contributed by atoms with Crippen LogP contribution < -0.4 is 5.73 Å². The van der Waals surface area contributed by atoms with Crippen LogP contribution in [0.2, 0.25) is 0 Å². The lowest BCUT2D eigenvalue weighted by molar-refractivity contribution is 0.280. The molecule has 0 atom stereocenters. The van der Waals surface area contributed by atoms with E-state index >= 15 is 0 Å². The average molecular weight is 286 g/mol. The van der Waals surface area contributed by atoms with E-state index in [1.807, 2.05) is 12.1 Å². The summed E-state index contributed by atoms with van der Waals surface area (Å²) >= 11 is 0. The third kappa shape index (κ3) is 3.29. The first-order valence-corrected chi connectivity index (χ1v) is 8.39. The highest BCUT2D eigenvalue weighted by atomic mass is 16.3. The number of aromatic nitrogens is 1. The second-order valence-electron chi connectivity index (χ2n) is 6.42. The molecule has 1 aromatic heterocycles. The second-order valence-corrected chi connectivity index (χ2v) is 6.42. The standard InChI is InChI=1S/C18H26N2O/c1-2-3-4-13-5-8-15(9-6-13)18-20-16-11-14(12-19)7-10-17(16)21-18/h7,10-11,13,15H,2-6,8-9,12,19H2,1H3. The maximum absolute atomic E-state index is 5.97. The molecule has 2 aromatic rings. The van der Waals surface area contributed by atoms with Crippen LogP contribution in [0.25, 0.3) is 11.1 Å². The summed E-state index contributed by atoms with van der Waals surface area (Å²) < 4.78 is 5.97. The van der Waals surface area contributed by atoms with Crippen molar-refractivity contribution in [2.24, 2.45) is 11.7 Å². The van der Waals surface area contributed by atoms with E-state index in [-0.39, 0.29) is 0 Å². The van der Waals surface area contributed by atoms with Gasteiger partial charge in [-0.2, -0.15) is 0 Å². The predicted molar refractivity (Wildman–Crippen MR) is 86.1 cm³/mol. The van der Waals surface area contributed by atoms with Crippen LogP contribution in [0.5, 0.6) is 0 Å². The molecule has 2 N–H and O–H groups in total. The number of rotatable bonds is 5.